The second-order valence-electron chi connectivity index (χ2n) is 5.28. The highest BCUT2D eigenvalue weighted by molar-refractivity contribution is 9.10. The van der Waals surface area contributed by atoms with Crippen molar-refractivity contribution in [2.24, 2.45) is 0 Å². The standard InChI is InChI=1S/C18H13BrO4S2/c1-12-2-6-14(7-3-12)24-18(20)16-10-11-17(23-16)25(21,22)15-8-4-13(19)5-9-15/h2-11H,1H3. The summed E-state index contributed by atoms with van der Waals surface area (Å²) in [6.45, 7) is 1.96. The predicted molar refractivity (Wildman–Crippen MR) is 99.7 cm³/mol. The van der Waals surface area contributed by atoms with E-state index < -0.39 is 9.84 Å². The van der Waals surface area contributed by atoms with E-state index in [-0.39, 0.29) is 20.9 Å². The van der Waals surface area contributed by atoms with Gasteiger partial charge >= 0.3 is 0 Å². The molecule has 0 aliphatic heterocycles. The summed E-state index contributed by atoms with van der Waals surface area (Å²) in [5.41, 5.74) is 1.10. The summed E-state index contributed by atoms with van der Waals surface area (Å²) in [4.78, 5) is 13.2. The van der Waals surface area contributed by atoms with Crippen LogP contribution < -0.4 is 0 Å². The lowest BCUT2D eigenvalue weighted by molar-refractivity contribution is 0.106. The number of sulfone groups is 1. The van der Waals surface area contributed by atoms with Crippen LogP contribution in [0.1, 0.15) is 16.1 Å². The quantitative estimate of drug-likeness (QED) is 0.531. The molecule has 1 aromatic heterocycles. The average molecular weight is 437 g/mol. The van der Waals surface area contributed by atoms with Crippen LogP contribution >= 0.6 is 27.7 Å². The Labute approximate surface area is 158 Å². The first kappa shape index (κ1) is 18.0. The van der Waals surface area contributed by atoms with Gasteiger partial charge in [-0.3, -0.25) is 4.79 Å². The highest BCUT2D eigenvalue weighted by Crippen LogP contribution is 2.28. The zero-order valence-electron chi connectivity index (χ0n) is 13.1. The predicted octanol–water partition coefficient (Wildman–Crippen LogP) is 5.12. The molecule has 0 saturated heterocycles. The molecular weight excluding hydrogens is 424 g/mol. The third-order valence-electron chi connectivity index (χ3n) is 3.40. The van der Waals surface area contributed by atoms with Gasteiger partial charge in [0, 0.05) is 9.37 Å². The molecule has 3 aromatic rings. The van der Waals surface area contributed by atoms with E-state index in [0.717, 1.165) is 26.7 Å². The molecule has 0 amide bonds. The number of rotatable bonds is 4. The van der Waals surface area contributed by atoms with Crippen LogP contribution in [-0.2, 0) is 9.84 Å². The smallest absolute Gasteiger partial charge is 0.259 e. The molecule has 128 valence electrons. The summed E-state index contributed by atoms with van der Waals surface area (Å²) in [6, 6.07) is 16.4. The van der Waals surface area contributed by atoms with Crippen molar-refractivity contribution in [3.05, 3.63) is 76.5 Å². The number of aryl methyl sites for hydroxylation is 1. The SMILES string of the molecule is Cc1ccc(SC(=O)c2ccc(S(=O)(=O)c3ccc(Br)cc3)o2)cc1. The van der Waals surface area contributed by atoms with Crippen molar-refractivity contribution in [1.29, 1.82) is 0 Å². The molecule has 0 saturated carbocycles. The Bertz CT molecular complexity index is 1000. The van der Waals surface area contributed by atoms with Gasteiger partial charge in [0.15, 0.2) is 5.76 Å². The second kappa shape index (κ2) is 7.19. The van der Waals surface area contributed by atoms with Crippen molar-refractivity contribution < 1.29 is 17.6 Å². The van der Waals surface area contributed by atoms with E-state index in [0.29, 0.717) is 0 Å². The molecule has 0 unspecified atom stereocenters. The van der Waals surface area contributed by atoms with Crippen LogP contribution in [0.2, 0.25) is 0 Å². The summed E-state index contributed by atoms with van der Waals surface area (Å²) in [5.74, 6) is 0.00117. The minimum absolute atomic E-state index is 0.00117. The molecule has 0 N–H and O–H groups in total. The molecule has 3 rings (SSSR count). The molecular formula is C18H13BrO4S2. The molecule has 0 fully saturated rings. The maximum atomic E-state index is 12.5. The lowest BCUT2D eigenvalue weighted by Crippen LogP contribution is -2.00. The molecule has 0 aliphatic carbocycles. The van der Waals surface area contributed by atoms with Crippen molar-refractivity contribution in [3.8, 4) is 0 Å². The number of carbonyl (C=O) groups is 1. The normalized spacial score (nSPS) is 11.4. The Morgan fingerprint density at radius 2 is 1.60 bits per heavy atom. The van der Waals surface area contributed by atoms with Crippen molar-refractivity contribution in [2.45, 2.75) is 21.8 Å². The van der Waals surface area contributed by atoms with E-state index in [4.69, 9.17) is 4.42 Å². The maximum Gasteiger partial charge on any atom is 0.259 e. The van der Waals surface area contributed by atoms with Crippen LogP contribution in [0.3, 0.4) is 0 Å². The van der Waals surface area contributed by atoms with Gasteiger partial charge in [-0.25, -0.2) is 8.42 Å². The van der Waals surface area contributed by atoms with E-state index in [9.17, 15) is 13.2 Å². The van der Waals surface area contributed by atoms with Gasteiger partial charge in [-0.15, -0.1) is 0 Å². The van der Waals surface area contributed by atoms with E-state index >= 15 is 0 Å². The molecule has 4 nitrogen and oxygen atoms in total. The monoisotopic (exact) mass is 436 g/mol. The fourth-order valence-electron chi connectivity index (χ4n) is 2.07. The number of hydrogen-bond acceptors (Lipinski definition) is 5. The molecule has 2 aromatic carbocycles. The van der Waals surface area contributed by atoms with Gasteiger partial charge < -0.3 is 4.42 Å². The maximum absolute atomic E-state index is 12.5. The van der Waals surface area contributed by atoms with Crippen LogP contribution in [0.15, 0.2) is 84.4 Å². The number of halogens is 1. The first-order valence-corrected chi connectivity index (χ1v) is 10.3. The number of hydrogen-bond donors (Lipinski definition) is 0. The molecule has 0 bridgehead atoms. The number of furan rings is 1. The zero-order chi connectivity index (χ0) is 18.0. The molecule has 1 heterocycles. The zero-order valence-corrected chi connectivity index (χ0v) is 16.3. The number of carbonyl (C=O) groups excluding carboxylic acids is 1. The van der Waals surface area contributed by atoms with E-state index in [2.05, 4.69) is 15.9 Å². The third kappa shape index (κ3) is 4.05. The molecule has 0 radical (unpaired) electrons. The Kier molecular flexibility index (Phi) is 5.17. The molecule has 0 atom stereocenters. The molecule has 0 spiro atoms. The molecule has 7 heteroatoms. The highest BCUT2D eigenvalue weighted by atomic mass is 79.9. The number of benzene rings is 2. The Morgan fingerprint density at radius 3 is 2.24 bits per heavy atom. The lowest BCUT2D eigenvalue weighted by Gasteiger charge is -2.02. The first-order valence-electron chi connectivity index (χ1n) is 7.25. The van der Waals surface area contributed by atoms with Crippen molar-refractivity contribution in [3.63, 3.8) is 0 Å². The van der Waals surface area contributed by atoms with Gasteiger partial charge in [0.05, 0.1) is 4.90 Å². The van der Waals surface area contributed by atoms with Crippen molar-refractivity contribution in [1.82, 2.24) is 0 Å². The van der Waals surface area contributed by atoms with E-state index in [1.807, 2.05) is 31.2 Å². The largest absolute Gasteiger partial charge is 0.440 e. The molecule has 25 heavy (non-hydrogen) atoms. The third-order valence-corrected chi connectivity index (χ3v) is 6.47. The minimum atomic E-state index is -3.80. The van der Waals surface area contributed by atoms with E-state index in [1.54, 1.807) is 12.1 Å². The summed E-state index contributed by atoms with van der Waals surface area (Å²) < 4.78 is 31.2. The summed E-state index contributed by atoms with van der Waals surface area (Å²) in [5, 5.41) is -0.594. The second-order valence-corrected chi connectivity index (χ2v) is 9.12. The van der Waals surface area contributed by atoms with Gasteiger partial charge in [0.1, 0.15) is 0 Å². The average Bonchev–Trinajstić information content (AvgIpc) is 3.08. The summed E-state index contributed by atoms with van der Waals surface area (Å²) >= 11 is 4.26. The van der Waals surface area contributed by atoms with E-state index in [1.165, 1.54) is 24.3 Å². The van der Waals surface area contributed by atoms with Gasteiger partial charge in [-0.2, -0.15) is 0 Å². The van der Waals surface area contributed by atoms with Gasteiger partial charge in [0.25, 0.3) is 5.12 Å². The Hall–Kier alpha value is -1.83. The topological polar surface area (TPSA) is 64.3 Å². The Balaban J connectivity index is 1.82. The van der Waals surface area contributed by atoms with Crippen LogP contribution in [-0.4, -0.2) is 13.5 Å². The van der Waals surface area contributed by atoms with Crippen LogP contribution in [0.5, 0.6) is 0 Å². The van der Waals surface area contributed by atoms with Crippen molar-refractivity contribution >= 4 is 42.6 Å². The van der Waals surface area contributed by atoms with Gasteiger partial charge in [-0.1, -0.05) is 33.6 Å². The minimum Gasteiger partial charge on any atom is -0.440 e. The van der Waals surface area contributed by atoms with Crippen LogP contribution in [0.25, 0.3) is 0 Å². The van der Waals surface area contributed by atoms with Gasteiger partial charge in [0.2, 0.25) is 14.9 Å². The summed E-state index contributed by atoms with van der Waals surface area (Å²) in [7, 11) is -3.80. The number of thioether (sulfide) groups is 1. The van der Waals surface area contributed by atoms with Crippen molar-refractivity contribution in [2.75, 3.05) is 0 Å². The first-order chi connectivity index (χ1) is 11.9. The van der Waals surface area contributed by atoms with Crippen LogP contribution in [0, 0.1) is 6.92 Å². The fraction of sp³-hybridized carbons (Fsp3) is 0.0556. The molecule has 0 aliphatic rings. The lowest BCUT2D eigenvalue weighted by atomic mass is 10.2. The highest BCUT2D eigenvalue weighted by Gasteiger charge is 2.23. The fourth-order valence-corrected chi connectivity index (χ4v) is 4.20. The Morgan fingerprint density at radius 1 is 0.960 bits per heavy atom. The van der Waals surface area contributed by atoms with Crippen LogP contribution in [0.4, 0.5) is 0 Å². The van der Waals surface area contributed by atoms with Gasteiger partial charge in [-0.05, 0) is 67.2 Å². The summed E-state index contributed by atoms with van der Waals surface area (Å²) in [6.07, 6.45) is 0.